The summed E-state index contributed by atoms with van der Waals surface area (Å²) < 4.78 is 9.50. The first-order valence-corrected chi connectivity index (χ1v) is 23.1. The van der Waals surface area contributed by atoms with Crippen LogP contribution in [0.3, 0.4) is 0 Å². The topological polar surface area (TPSA) is 28.4 Å². The molecule has 0 unspecified atom stereocenters. The van der Waals surface area contributed by atoms with Crippen LogP contribution in [-0.2, 0) is 10.8 Å². The molecule has 2 aromatic heterocycles. The van der Waals surface area contributed by atoms with Gasteiger partial charge in [-0.05, 0) is 104 Å². The second kappa shape index (κ2) is 12.9. The van der Waals surface area contributed by atoms with E-state index in [1.807, 2.05) is 11.3 Å². The summed E-state index contributed by atoms with van der Waals surface area (Å²) in [6.07, 6.45) is 0. The molecule has 0 atom stereocenters. The number of benzene rings is 9. The number of thiophene rings is 1. The summed E-state index contributed by atoms with van der Waals surface area (Å²) in [5.41, 5.74) is 20.8. The van der Waals surface area contributed by atoms with E-state index in [2.05, 4.69) is 220 Å². The molecule has 3 aliphatic rings. The van der Waals surface area contributed by atoms with Crippen molar-refractivity contribution in [2.24, 2.45) is 0 Å². The van der Waals surface area contributed by atoms with Crippen LogP contribution >= 0.6 is 11.3 Å². The molecule has 0 bridgehead atoms. The number of para-hydroxylation sites is 3. The van der Waals surface area contributed by atoms with Crippen molar-refractivity contribution < 1.29 is 4.42 Å². The van der Waals surface area contributed by atoms with Gasteiger partial charge in [0.15, 0.2) is 7.28 Å². The fraction of sp³-hybridized carbons (Fsp3) is 0.0847. The average molecular weight is 836 g/mol. The van der Waals surface area contributed by atoms with Gasteiger partial charge in [0.05, 0.1) is 22.2 Å². The molecule has 4 heterocycles. The molecule has 5 heteroatoms. The van der Waals surface area contributed by atoms with Crippen molar-refractivity contribution in [3.63, 3.8) is 0 Å². The Morgan fingerprint density at radius 1 is 0.531 bits per heavy atom. The fourth-order valence-electron chi connectivity index (χ4n) is 11.5. The summed E-state index contributed by atoms with van der Waals surface area (Å²) in [5.74, 6) is 0. The smallest absolute Gasteiger partial charge is 0.197 e. The number of hydrogen-bond donors (Lipinski definition) is 1. The molecule has 0 amide bonds. The van der Waals surface area contributed by atoms with Gasteiger partial charge in [-0.2, -0.15) is 0 Å². The fourth-order valence-corrected chi connectivity index (χ4v) is 12.6. The molecule has 14 rings (SSSR count). The molecule has 0 saturated carbocycles. The molecular formula is C59H40BN2OS. The van der Waals surface area contributed by atoms with Gasteiger partial charge >= 0.3 is 0 Å². The largest absolute Gasteiger partial charge is 0.456 e. The summed E-state index contributed by atoms with van der Waals surface area (Å²) in [6, 6.07) is 67.6. The predicted octanol–water partition coefficient (Wildman–Crippen LogP) is 14.8. The van der Waals surface area contributed by atoms with Gasteiger partial charge in [-0.15, -0.1) is 11.3 Å². The van der Waals surface area contributed by atoms with Gasteiger partial charge in [0.1, 0.15) is 11.2 Å². The minimum absolute atomic E-state index is 0.0580. The normalized spacial score (nSPS) is 14.1. The summed E-state index contributed by atoms with van der Waals surface area (Å²) >= 11 is 1.86. The number of rotatable bonds is 3. The van der Waals surface area contributed by atoms with E-state index < -0.39 is 5.41 Å². The molecule has 3 nitrogen and oxygen atoms in total. The molecule has 2 aliphatic heterocycles. The zero-order chi connectivity index (χ0) is 42.5. The van der Waals surface area contributed by atoms with E-state index in [4.69, 9.17) is 4.42 Å². The highest BCUT2D eigenvalue weighted by Crippen LogP contribution is 2.64. The number of nitrogens with one attached hydrogen (secondary N) is 1. The van der Waals surface area contributed by atoms with Crippen LogP contribution in [-0.4, -0.2) is 7.28 Å². The second-order valence-electron chi connectivity index (χ2n) is 18.7. The maximum Gasteiger partial charge on any atom is 0.197 e. The van der Waals surface area contributed by atoms with E-state index in [0.29, 0.717) is 0 Å². The third-order valence-corrected chi connectivity index (χ3v) is 15.4. The van der Waals surface area contributed by atoms with Gasteiger partial charge in [0.2, 0.25) is 0 Å². The van der Waals surface area contributed by atoms with Crippen molar-refractivity contribution in [1.82, 2.24) is 0 Å². The van der Waals surface area contributed by atoms with Crippen molar-refractivity contribution >= 4 is 100 Å². The van der Waals surface area contributed by atoms with Crippen molar-refractivity contribution in [3.05, 3.63) is 210 Å². The van der Waals surface area contributed by atoms with Crippen molar-refractivity contribution in [3.8, 4) is 22.3 Å². The highest BCUT2D eigenvalue weighted by molar-refractivity contribution is 7.25. The molecule has 301 valence electrons. The number of hydrogen-bond acceptors (Lipinski definition) is 4. The van der Waals surface area contributed by atoms with E-state index in [-0.39, 0.29) is 5.41 Å². The van der Waals surface area contributed by atoms with Crippen LogP contribution in [0.15, 0.2) is 186 Å². The summed E-state index contributed by atoms with van der Waals surface area (Å²) in [4.78, 5) is 2.59. The first kappa shape index (κ1) is 36.2. The molecule has 1 spiro atoms. The maximum atomic E-state index is 6.96. The van der Waals surface area contributed by atoms with Gasteiger partial charge in [0.25, 0.3) is 0 Å². The van der Waals surface area contributed by atoms with E-state index in [1.165, 1.54) is 81.4 Å². The van der Waals surface area contributed by atoms with E-state index in [0.717, 1.165) is 50.1 Å². The van der Waals surface area contributed by atoms with Gasteiger partial charge in [0, 0.05) is 48.2 Å². The molecule has 64 heavy (non-hydrogen) atoms. The van der Waals surface area contributed by atoms with Crippen LogP contribution in [0.25, 0.3) is 64.4 Å². The summed E-state index contributed by atoms with van der Waals surface area (Å²) in [7, 11) is 2.46. The minimum Gasteiger partial charge on any atom is -0.456 e. The highest BCUT2D eigenvalue weighted by Gasteiger charge is 2.53. The van der Waals surface area contributed by atoms with Crippen LogP contribution in [0.4, 0.5) is 28.4 Å². The Labute approximate surface area is 376 Å². The average Bonchev–Trinajstić information content (AvgIpc) is 3.98. The lowest BCUT2D eigenvalue weighted by Gasteiger charge is -2.48. The number of fused-ring (bicyclic) bond motifs is 18. The summed E-state index contributed by atoms with van der Waals surface area (Å²) in [5, 5.41) is 8.72. The third-order valence-electron chi connectivity index (χ3n) is 14.2. The monoisotopic (exact) mass is 835 g/mol. The lowest BCUT2D eigenvalue weighted by molar-refractivity contribution is 0.590. The Morgan fingerprint density at radius 3 is 1.98 bits per heavy atom. The molecule has 1 aliphatic carbocycles. The zero-order valence-corrected chi connectivity index (χ0v) is 36.5. The zero-order valence-electron chi connectivity index (χ0n) is 35.7. The predicted molar refractivity (Wildman–Crippen MR) is 271 cm³/mol. The molecule has 9 aromatic carbocycles. The van der Waals surface area contributed by atoms with Crippen molar-refractivity contribution in [1.29, 1.82) is 0 Å². The number of anilines is 5. The Kier molecular flexibility index (Phi) is 7.28. The highest BCUT2D eigenvalue weighted by atomic mass is 32.1. The van der Waals surface area contributed by atoms with Crippen LogP contribution in [0.1, 0.15) is 48.6 Å². The number of nitrogens with zero attached hydrogens (tertiary/aromatic N) is 1. The van der Waals surface area contributed by atoms with Crippen LogP contribution in [0, 0.1) is 0 Å². The molecule has 11 aromatic rings. The van der Waals surface area contributed by atoms with Crippen molar-refractivity contribution in [2.45, 2.75) is 31.6 Å². The Hall–Kier alpha value is -7.34. The molecular weight excluding hydrogens is 796 g/mol. The van der Waals surface area contributed by atoms with E-state index >= 15 is 0 Å². The SMILES string of the molecule is CC(C)(C)c1ccc(Nc2cc3c(cc2-c2cc4oc5ccccc5c4c4c2[B]c2cccc5c2N4c2ccccc2C52c4ccccc4-c4ccccc42)sc2ccccc23)cc1. The molecule has 0 fully saturated rings. The van der Waals surface area contributed by atoms with Gasteiger partial charge in [-0.3, -0.25) is 0 Å². The minimum atomic E-state index is -0.502. The number of furan rings is 1. The van der Waals surface area contributed by atoms with Gasteiger partial charge in [-0.25, -0.2) is 0 Å². The lowest BCUT2D eigenvalue weighted by atomic mass is 9.54. The van der Waals surface area contributed by atoms with Crippen LogP contribution in [0.2, 0.25) is 0 Å². The van der Waals surface area contributed by atoms with E-state index in [1.54, 1.807) is 0 Å². The quantitative estimate of drug-likeness (QED) is 0.180. The van der Waals surface area contributed by atoms with Gasteiger partial charge in [-0.1, -0.05) is 160 Å². The first-order valence-electron chi connectivity index (χ1n) is 22.2. The van der Waals surface area contributed by atoms with Crippen LogP contribution < -0.4 is 21.1 Å². The molecule has 0 saturated heterocycles. The Balaban J connectivity index is 1.08. The molecule has 1 radical (unpaired) electrons. The van der Waals surface area contributed by atoms with Gasteiger partial charge < -0.3 is 14.6 Å². The Morgan fingerprint density at radius 2 is 1.20 bits per heavy atom. The standard InChI is InChI=1S/C59H40BN2OS/c1-58(2,3)34-27-29-35(30-28-34)61-48-31-41-38-17-7-13-26-52(38)64-53(41)33-40(48)42-32-51-54(39-18-6-12-25-50(39)63-51)57-55(42)60-47-23-14-22-46-56(47)62(57)49-24-11-10-21-45(49)59(46)43-19-8-4-15-36(43)37-16-5-9-20-44(37)59/h4-33,61H,1-3H3. The third kappa shape index (κ3) is 4.77. The van der Waals surface area contributed by atoms with E-state index in [9.17, 15) is 0 Å². The van der Waals surface area contributed by atoms with Crippen molar-refractivity contribution in [2.75, 3.05) is 10.2 Å². The molecule has 1 N–H and O–H groups in total. The maximum absolute atomic E-state index is 6.96. The van der Waals surface area contributed by atoms with Crippen LogP contribution in [0.5, 0.6) is 0 Å². The summed E-state index contributed by atoms with van der Waals surface area (Å²) in [6.45, 7) is 6.80. The lowest BCUT2D eigenvalue weighted by Crippen LogP contribution is -2.47. The second-order valence-corrected chi connectivity index (χ2v) is 19.8. The Bertz CT molecular complexity index is 3750. The first-order chi connectivity index (χ1) is 31.4.